The molecular weight excluding hydrogens is 328 g/mol. The molecule has 1 aliphatic heterocycles. The zero-order valence-corrected chi connectivity index (χ0v) is 15.6. The van der Waals surface area contributed by atoms with E-state index in [-0.39, 0.29) is 6.03 Å². The third kappa shape index (κ3) is 4.85. The molecule has 1 N–H and O–H groups in total. The third-order valence-corrected chi connectivity index (χ3v) is 5.04. The second-order valence-electron chi connectivity index (χ2n) is 7.06. The van der Waals surface area contributed by atoms with Gasteiger partial charge < -0.3 is 19.6 Å². The molecule has 0 bridgehead atoms. The maximum absolute atomic E-state index is 12.3. The first-order valence-corrected chi connectivity index (χ1v) is 9.33. The van der Waals surface area contributed by atoms with Crippen LogP contribution in [0.3, 0.4) is 0 Å². The van der Waals surface area contributed by atoms with Crippen LogP contribution in [-0.4, -0.2) is 54.2 Å². The van der Waals surface area contributed by atoms with Gasteiger partial charge >= 0.3 is 6.03 Å². The highest BCUT2D eigenvalue weighted by atomic mass is 16.5. The fraction of sp³-hybridized carbons (Fsp3) is 0.500. The standard InChI is InChI=1S/C20H28N4O2/c1-23-13-7-6-10-18(23)11-12-21-20(25)24(2)15-17-14-19(26-22-17)16-8-4-3-5-9-16/h3-5,8-9,14,18H,6-7,10-13,15H2,1-2H3,(H,21,25)/t18-/m1/s1. The Morgan fingerprint density at radius 3 is 2.92 bits per heavy atom. The van der Waals surface area contributed by atoms with E-state index in [1.807, 2.05) is 36.4 Å². The Kier molecular flexibility index (Phi) is 6.28. The van der Waals surface area contributed by atoms with Gasteiger partial charge in [-0.2, -0.15) is 0 Å². The van der Waals surface area contributed by atoms with Gasteiger partial charge in [0.2, 0.25) is 0 Å². The number of amides is 2. The molecule has 0 spiro atoms. The summed E-state index contributed by atoms with van der Waals surface area (Å²) >= 11 is 0. The SMILES string of the molecule is CN(Cc1cc(-c2ccccc2)on1)C(=O)NCC[C@H]1CCCCN1C. The summed E-state index contributed by atoms with van der Waals surface area (Å²) in [6.07, 6.45) is 4.80. The first-order chi connectivity index (χ1) is 12.6. The van der Waals surface area contributed by atoms with Gasteiger partial charge in [-0.15, -0.1) is 0 Å². The third-order valence-electron chi connectivity index (χ3n) is 5.04. The van der Waals surface area contributed by atoms with E-state index in [0.29, 0.717) is 19.1 Å². The molecule has 140 valence electrons. The summed E-state index contributed by atoms with van der Waals surface area (Å²) in [6, 6.07) is 12.2. The van der Waals surface area contributed by atoms with Crippen LogP contribution in [0.4, 0.5) is 4.79 Å². The number of aromatic nitrogens is 1. The Hall–Kier alpha value is -2.34. The molecule has 3 rings (SSSR count). The van der Waals surface area contributed by atoms with E-state index >= 15 is 0 Å². The minimum atomic E-state index is -0.0762. The van der Waals surface area contributed by atoms with Crippen molar-refractivity contribution in [3.05, 3.63) is 42.1 Å². The molecule has 1 fully saturated rings. The molecule has 1 aromatic heterocycles. The smallest absolute Gasteiger partial charge is 0.317 e. The molecule has 0 aliphatic carbocycles. The Labute approximate surface area is 155 Å². The monoisotopic (exact) mass is 356 g/mol. The van der Waals surface area contributed by atoms with Gasteiger partial charge in [0.05, 0.1) is 6.54 Å². The number of carbonyl (C=O) groups excluding carboxylic acids is 1. The number of rotatable bonds is 6. The van der Waals surface area contributed by atoms with Crippen LogP contribution in [0.1, 0.15) is 31.4 Å². The normalized spacial score (nSPS) is 17.8. The van der Waals surface area contributed by atoms with Gasteiger partial charge in [0.1, 0.15) is 5.69 Å². The molecule has 6 heteroatoms. The van der Waals surface area contributed by atoms with E-state index in [1.54, 1.807) is 11.9 Å². The number of likely N-dealkylation sites (tertiary alicyclic amines) is 1. The van der Waals surface area contributed by atoms with Crippen LogP contribution < -0.4 is 5.32 Å². The van der Waals surface area contributed by atoms with Gasteiger partial charge in [-0.25, -0.2) is 4.79 Å². The molecule has 1 aromatic carbocycles. The highest BCUT2D eigenvalue weighted by molar-refractivity contribution is 5.73. The summed E-state index contributed by atoms with van der Waals surface area (Å²) in [6.45, 7) is 2.28. The van der Waals surface area contributed by atoms with Crippen molar-refractivity contribution in [2.75, 3.05) is 27.2 Å². The maximum atomic E-state index is 12.3. The fourth-order valence-corrected chi connectivity index (χ4v) is 3.43. The molecule has 1 saturated heterocycles. The number of nitrogens with zero attached hydrogens (tertiary/aromatic N) is 3. The van der Waals surface area contributed by atoms with Crippen LogP contribution in [0.2, 0.25) is 0 Å². The Morgan fingerprint density at radius 1 is 1.35 bits per heavy atom. The van der Waals surface area contributed by atoms with Gasteiger partial charge in [0.25, 0.3) is 0 Å². The lowest BCUT2D eigenvalue weighted by molar-refractivity contribution is 0.172. The van der Waals surface area contributed by atoms with E-state index in [0.717, 1.165) is 30.0 Å². The summed E-state index contributed by atoms with van der Waals surface area (Å²) in [5.41, 5.74) is 1.73. The Balaban J connectivity index is 1.45. The zero-order valence-electron chi connectivity index (χ0n) is 15.6. The molecule has 26 heavy (non-hydrogen) atoms. The van der Waals surface area contributed by atoms with Gasteiger partial charge in [0.15, 0.2) is 5.76 Å². The van der Waals surface area contributed by atoms with Gasteiger partial charge in [0, 0.05) is 31.3 Å². The summed E-state index contributed by atoms with van der Waals surface area (Å²) < 4.78 is 5.39. The van der Waals surface area contributed by atoms with Crippen molar-refractivity contribution < 1.29 is 9.32 Å². The summed E-state index contributed by atoms with van der Waals surface area (Å²) in [7, 11) is 3.95. The second kappa shape index (κ2) is 8.85. The van der Waals surface area contributed by atoms with Crippen molar-refractivity contribution in [3.63, 3.8) is 0 Å². The van der Waals surface area contributed by atoms with Crippen LogP contribution in [0.5, 0.6) is 0 Å². The lowest BCUT2D eigenvalue weighted by Crippen LogP contribution is -2.41. The molecule has 0 saturated carbocycles. The Morgan fingerprint density at radius 2 is 2.15 bits per heavy atom. The zero-order chi connectivity index (χ0) is 18.4. The lowest BCUT2D eigenvalue weighted by Gasteiger charge is -2.32. The number of urea groups is 1. The molecule has 2 heterocycles. The van der Waals surface area contributed by atoms with E-state index < -0.39 is 0 Å². The van der Waals surface area contributed by atoms with E-state index in [1.165, 1.54) is 19.3 Å². The van der Waals surface area contributed by atoms with Crippen molar-refractivity contribution >= 4 is 6.03 Å². The van der Waals surface area contributed by atoms with Crippen molar-refractivity contribution in [1.29, 1.82) is 0 Å². The summed E-state index contributed by atoms with van der Waals surface area (Å²) in [5.74, 6) is 0.717. The maximum Gasteiger partial charge on any atom is 0.317 e. The number of benzene rings is 1. The first kappa shape index (κ1) is 18.5. The molecule has 1 atom stereocenters. The molecular formula is C20H28N4O2. The van der Waals surface area contributed by atoms with Crippen LogP contribution in [-0.2, 0) is 6.54 Å². The molecule has 0 unspecified atom stereocenters. The number of nitrogens with one attached hydrogen (secondary N) is 1. The number of carbonyl (C=O) groups is 1. The summed E-state index contributed by atoms with van der Waals surface area (Å²) in [4.78, 5) is 16.3. The fourth-order valence-electron chi connectivity index (χ4n) is 3.43. The number of hydrogen-bond acceptors (Lipinski definition) is 4. The van der Waals surface area contributed by atoms with Crippen molar-refractivity contribution in [3.8, 4) is 11.3 Å². The predicted molar refractivity (Wildman–Crippen MR) is 102 cm³/mol. The largest absolute Gasteiger partial charge is 0.356 e. The Bertz CT molecular complexity index is 701. The average Bonchev–Trinajstić information content (AvgIpc) is 3.12. The number of hydrogen-bond donors (Lipinski definition) is 1. The molecule has 2 amide bonds. The van der Waals surface area contributed by atoms with Gasteiger partial charge in [-0.1, -0.05) is 41.9 Å². The summed E-state index contributed by atoms with van der Waals surface area (Å²) in [5, 5.41) is 7.09. The van der Waals surface area contributed by atoms with Gasteiger partial charge in [-0.05, 0) is 32.9 Å². The topological polar surface area (TPSA) is 61.6 Å². The average molecular weight is 356 g/mol. The van der Waals surface area contributed by atoms with E-state index in [4.69, 9.17) is 4.52 Å². The minimum Gasteiger partial charge on any atom is -0.356 e. The molecule has 2 aromatic rings. The van der Waals surface area contributed by atoms with E-state index in [9.17, 15) is 4.79 Å². The van der Waals surface area contributed by atoms with Crippen molar-refractivity contribution in [2.24, 2.45) is 0 Å². The van der Waals surface area contributed by atoms with Crippen molar-refractivity contribution in [1.82, 2.24) is 20.3 Å². The van der Waals surface area contributed by atoms with Gasteiger partial charge in [-0.3, -0.25) is 0 Å². The highest BCUT2D eigenvalue weighted by Crippen LogP contribution is 2.20. The molecule has 1 aliphatic rings. The highest BCUT2D eigenvalue weighted by Gasteiger charge is 2.19. The van der Waals surface area contributed by atoms with Crippen LogP contribution >= 0.6 is 0 Å². The predicted octanol–water partition coefficient (Wildman–Crippen LogP) is 3.36. The van der Waals surface area contributed by atoms with Crippen LogP contribution in [0.25, 0.3) is 11.3 Å². The first-order valence-electron chi connectivity index (χ1n) is 9.33. The second-order valence-corrected chi connectivity index (χ2v) is 7.06. The molecule has 6 nitrogen and oxygen atoms in total. The van der Waals surface area contributed by atoms with Crippen LogP contribution in [0.15, 0.2) is 40.9 Å². The van der Waals surface area contributed by atoms with Crippen molar-refractivity contribution in [2.45, 2.75) is 38.3 Å². The lowest BCUT2D eigenvalue weighted by atomic mass is 10.0. The molecule has 0 radical (unpaired) electrons. The quantitative estimate of drug-likeness (QED) is 0.862. The minimum absolute atomic E-state index is 0.0762. The van der Waals surface area contributed by atoms with Crippen LogP contribution in [0, 0.1) is 0 Å². The number of piperidine rings is 1. The van der Waals surface area contributed by atoms with E-state index in [2.05, 4.69) is 22.4 Å².